The largest absolute Gasteiger partial charge is 0.479 e. The lowest BCUT2D eigenvalue weighted by Gasteiger charge is -2.40. The van der Waals surface area contributed by atoms with Crippen LogP contribution in [0.1, 0.15) is 18.4 Å². The lowest BCUT2D eigenvalue weighted by Crippen LogP contribution is -2.57. The summed E-state index contributed by atoms with van der Waals surface area (Å²) in [6, 6.07) is 14.4. The molecule has 2 saturated heterocycles. The molecule has 0 spiro atoms. The van der Waals surface area contributed by atoms with E-state index < -0.39 is 18.2 Å². The van der Waals surface area contributed by atoms with Crippen molar-refractivity contribution < 1.29 is 24.2 Å². The summed E-state index contributed by atoms with van der Waals surface area (Å²) < 4.78 is 11.3. The Morgan fingerprint density at radius 2 is 1.81 bits per heavy atom. The average Bonchev–Trinajstić information content (AvgIpc) is 3.11. The summed E-state index contributed by atoms with van der Waals surface area (Å²) in [6.07, 6.45) is -0.623. The molecule has 0 radical (unpaired) electrons. The van der Waals surface area contributed by atoms with Crippen LogP contribution in [0.2, 0.25) is 0 Å². The van der Waals surface area contributed by atoms with Crippen molar-refractivity contribution in [3.05, 3.63) is 48.0 Å². The fraction of sp³-hybridized carbons (Fsp3) is 0.400. The number of nitrogens with zero attached hydrogens (tertiary/aromatic N) is 1. The van der Waals surface area contributed by atoms with Crippen molar-refractivity contribution in [2.45, 2.75) is 37.8 Å². The molecular weight excluding hydrogens is 334 g/mol. The Morgan fingerprint density at radius 1 is 1.08 bits per heavy atom. The molecule has 0 aromatic heterocycles. The van der Waals surface area contributed by atoms with Gasteiger partial charge in [-0.25, -0.2) is 4.79 Å². The minimum Gasteiger partial charge on any atom is -0.479 e. The van der Waals surface area contributed by atoms with E-state index in [0.717, 1.165) is 5.56 Å². The number of hydrogen-bond acceptors (Lipinski definition) is 4. The van der Waals surface area contributed by atoms with E-state index in [1.807, 2.05) is 18.2 Å². The summed E-state index contributed by atoms with van der Waals surface area (Å²) in [5.74, 6) is -1.13. The Labute approximate surface area is 151 Å². The Morgan fingerprint density at radius 3 is 2.58 bits per heavy atom. The summed E-state index contributed by atoms with van der Waals surface area (Å²) >= 11 is 0. The van der Waals surface area contributed by atoms with Gasteiger partial charge in [0, 0.05) is 13.1 Å². The molecule has 2 fully saturated rings. The average molecular weight is 355 g/mol. The van der Waals surface area contributed by atoms with Crippen molar-refractivity contribution in [2.24, 2.45) is 0 Å². The topological polar surface area (TPSA) is 76.1 Å². The van der Waals surface area contributed by atoms with Crippen molar-refractivity contribution in [1.29, 1.82) is 0 Å². The van der Waals surface area contributed by atoms with Crippen LogP contribution in [-0.2, 0) is 25.7 Å². The number of carboxylic acids is 1. The maximum atomic E-state index is 12.3. The van der Waals surface area contributed by atoms with Crippen LogP contribution in [0.3, 0.4) is 0 Å². The van der Waals surface area contributed by atoms with Crippen LogP contribution in [0.25, 0.3) is 10.8 Å². The quantitative estimate of drug-likeness (QED) is 0.890. The number of likely N-dealkylation sites (tertiary alicyclic amines) is 1. The molecule has 2 aromatic rings. The number of carbonyl (C=O) groups excluding carboxylic acids is 1. The van der Waals surface area contributed by atoms with E-state index >= 15 is 0 Å². The number of benzene rings is 2. The Hall–Kier alpha value is -2.44. The highest BCUT2D eigenvalue weighted by Gasteiger charge is 2.40. The molecule has 4 rings (SSSR count). The summed E-state index contributed by atoms with van der Waals surface area (Å²) in [7, 11) is 0. The van der Waals surface area contributed by atoms with Crippen molar-refractivity contribution in [3.63, 3.8) is 0 Å². The van der Waals surface area contributed by atoms with E-state index in [9.17, 15) is 9.59 Å². The third-order valence-corrected chi connectivity index (χ3v) is 5.08. The molecule has 2 heterocycles. The van der Waals surface area contributed by atoms with Gasteiger partial charge < -0.3 is 19.5 Å². The van der Waals surface area contributed by atoms with Crippen LogP contribution in [-0.4, -0.2) is 53.3 Å². The first-order valence-corrected chi connectivity index (χ1v) is 8.87. The van der Waals surface area contributed by atoms with Gasteiger partial charge in [-0.1, -0.05) is 42.5 Å². The molecule has 2 atom stereocenters. The predicted molar refractivity (Wildman–Crippen MR) is 94.6 cm³/mol. The molecule has 1 N–H and O–H groups in total. The third kappa shape index (κ3) is 3.30. The molecule has 6 heteroatoms. The molecule has 0 saturated carbocycles. The Balaban J connectivity index is 1.28. The van der Waals surface area contributed by atoms with Crippen LogP contribution in [0.15, 0.2) is 42.5 Å². The summed E-state index contributed by atoms with van der Waals surface area (Å²) in [5, 5.41) is 11.3. The van der Waals surface area contributed by atoms with E-state index in [-0.39, 0.29) is 12.0 Å². The fourth-order valence-electron chi connectivity index (χ4n) is 3.55. The second-order valence-electron chi connectivity index (χ2n) is 6.84. The summed E-state index contributed by atoms with van der Waals surface area (Å²) in [5.41, 5.74) is 1.14. The van der Waals surface area contributed by atoms with Gasteiger partial charge in [0.2, 0.25) is 0 Å². The summed E-state index contributed by atoms with van der Waals surface area (Å²) in [6.45, 7) is 1.57. The van der Waals surface area contributed by atoms with Crippen LogP contribution < -0.4 is 0 Å². The van der Waals surface area contributed by atoms with Crippen molar-refractivity contribution in [1.82, 2.24) is 4.90 Å². The number of aliphatic carboxylic acids is 1. The minimum atomic E-state index is -1.000. The van der Waals surface area contributed by atoms with Gasteiger partial charge in [0.15, 0.2) is 6.10 Å². The van der Waals surface area contributed by atoms with Crippen LogP contribution in [0, 0.1) is 0 Å². The normalized spacial score (nSPS) is 23.2. The van der Waals surface area contributed by atoms with Gasteiger partial charge in [-0.2, -0.15) is 0 Å². The number of hydrogen-bond donors (Lipinski definition) is 1. The molecule has 2 aromatic carbocycles. The van der Waals surface area contributed by atoms with Crippen molar-refractivity contribution in [3.8, 4) is 0 Å². The number of rotatable bonds is 5. The second-order valence-corrected chi connectivity index (χ2v) is 6.84. The molecule has 6 nitrogen and oxygen atoms in total. The van der Waals surface area contributed by atoms with Gasteiger partial charge in [-0.3, -0.25) is 4.79 Å². The molecular formula is C20H21NO5. The van der Waals surface area contributed by atoms with Gasteiger partial charge in [0.05, 0.1) is 12.7 Å². The van der Waals surface area contributed by atoms with Crippen LogP contribution in [0.5, 0.6) is 0 Å². The number of carbonyl (C=O) groups is 2. The standard InChI is InChI=1S/C20H21NO5/c22-19(17-8-9-18(26-17)20(23)24)21-10-15(11-21)25-12-14-6-3-5-13-4-1-2-7-16(13)14/h1-7,15,17-18H,8-12H2,(H,23,24)/t17-,18+/m0/s1. The lowest BCUT2D eigenvalue weighted by molar-refractivity contribution is -0.162. The monoisotopic (exact) mass is 355 g/mol. The second kappa shape index (κ2) is 7.05. The van der Waals surface area contributed by atoms with E-state index in [4.69, 9.17) is 14.6 Å². The first-order chi connectivity index (χ1) is 12.6. The highest BCUT2D eigenvalue weighted by Crippen LogP contribution is 2.25. The zero-order chi connectivity index (χ0) is 18.1. The van der Waals surface area contributed by atoms with E-state index in [1.165, 1.54) is 10.8 Å². The smallest absolute Gasteiger partial charge is 0.332 e. The first kappa shape index (κ1) is 17.0. The molecule has 136 valence electrons. The van der Waals surface area contributed by atoms with Gasteiger partial charge in [-0.05, 0) is 29.2 Å². The van der Waals surface area contributed by atoms with Crippen molar-refractivity contribution >= 4 is 22.6 Å². The summed E-state index contributed by atoms with van der Waals surface area (Å²) in [4.78, 5) is 24.9. The van der Waals surface area contributed by atoms with Crippen molar-refractivity contribution in [2.75, 3.05) is 13.1 Å². The SMILES string of the molecule is O=C(O)[C@H]1CC[C@@H](C(=O)N2CC(OCc3cccc4ccccc34)C2)O1. The van der Waals surface area contributed by atoms with E-state index in [2.05, 4.69) is 24.3 Å². The molecule has 26 heavy (non-hydrogen) atoms. The Kier molecular flexibility index (Phi) is 4.61. The highest BCUT2D eigenvalue weighted by atomic mass is 16.5. The van der Waals surface area contributed by atoms with Crippen LogP contribution in [0.4, 0.5) is 0 Å². The highest BCUT2D eigenvalue weighted by molar-refractivity contribution is 5.85. The van der Waals surface area contributed by atoms with E-state index in [0.29, 0.717) is 32.5 Å². The predicted octanol–water partition coefficient (Wildman–Crippen LogP) is 2.20. The molecule has 0 unspecified atom stereocenters. The van der Waals surface area contributed by atoms with Gasteiger partial charge in [0.1, 0.15) is 6.10 Å². The number of amides is 1. The third-order valence-electron chi connectivity index (χ3n) is 5.08. The van der Waals surface area contributed by atoms with Gasteiger partial charge >= 0.3 is 5.97 Å². The zero-order valence-electron chi connectivity index (χ0n) is 14.3. The molecule has 2 aliphatic heterocycles. The van der Waals surface area contributed by atoms with Gasteiger partial charge in [-0.15, -0.1) is 0 Å². The first-order valence-electron chi connectivity index (χ1n) is 8.87. The molecule has 2 aliphatic rings. The van der Waals surface area contributed by atoms with Crippen LogP contribution >= 0.6 is 0 Å². The maximum Gasteiger partial charge on any atom is 0.332 e. The number of carboxylic acid groups (broad SMARTS) is 1. The molecule has 0 bridgehead atoms. The minimum absolute atomic E-state index is 0.00888. The molecule has 1 amide bonds. The Bertz CT molecular complexity index is 825. The maximum absolute atomic E-state index is 12.3. The zero-order valence-corrected chi connectivity index (χ0v) is 14.3. The lowest BCUT2D eigenvalue weighted by atomic mass is 10.0. The van der Waals surface area contributed by atoms with Gasteiger partial charge in [0.25, 0.3) is 5.91 Å². The fourth-order valence-corrected chi connectivity index (χ4v) is 3.55. The number of ether oxygens (including phenoxy) is 2. The number of fused-ring (bicyclic) bond motifs is 1. The molecule has 0 aliphatic carbocycles. The van der Waals surface area contributed by atoms with E-state index in [1.54, 1.807) is 4.90 Å².